The van der Waals surface area contributed by atoms with E-state index in [-0.39, 0.29) is 11.1 Å². The Morgan fingerprint density at radius 1 is 0.704 bits per heavy atom. The largest absolute Gasteiger partial charge is 0.497 e. The van der Waals surface area contributed by atoms with E-state index in [1.54, 1.807) is 36.4 Å². The molecule has 0 N–H and O–H groups in total. The van der Waals surface area contributed by atoms with E-state index in [1.165, 1.54) is 28.4 Å². The van der Waals surface area contributed by atoms with Crippen LogP contribution >= 0.6 is 0 Å². The highest BCUT2D eigenvalue weighted by atomic mass is 16.6. The van der Waals surface area contributed by atoms with Crippen molar-refractivity contribution in [2.24, 2.45) is 0 Å². The second-order valence-corrected chi connectivity index (χ2v) is 5.57. The number of rotatable bonds is 6. The van der Waals surface area contributed by atoms with Crippen LogP contribution in [-0.2, 0) is 14.3 Å². The summed E-state index contributed by atoms with van der Waals surface area (Å²) in [7, 11) is 5.94. The van der Waals surface area contributed by atoms with E-state index < -0.39 is 11.9 Å². The molecular formula is C20H18O7. The quantitative estimate of drug-likeness (QED) is 0.571. The van der Waals surface area contributed by atoms with Crippen molar-refractivity contribution in [1.82, 2.24) is 0 Å². The lowest BCUT2D eigenvalue weighted by Gasteiger charge is -2.14. The van der Waals surface area contributed by atoms with Crippen molar-refractivity contribution in [3.05, 3.63) is 47.5 Å². The van der Waals surface area contributed by atoms with Crippen molar-refractivity contribution in [2.75, 3.05) is 28.4 Å². The van der Waals surface area contributed by atoms with Gasteiger partial charge in [0.25, 0.3) is 0 Å². The van der Waals surface area contributed by atoms with E-state index in [0.717, 1.165) is 0 Å². The summed E-state index contributed by atoms with van der Waals surface area (Å²) in [5.74, 6) is 0.179. The van der Waals surface area contributed by atoms with Gasteiger partial charge in [0.15, 0.2) is 11.5 Å². The molecule has 2 aromatic carbocycles. The molecule has 0 atom stereocenters. The highest BCUT2D eigenvalue weighted by Gasteiger charge is 2.36. The van der Waals surface area contributed by atoms with E-state index in [0.29, 0.717) is 34.1 Å². The van der Waals surface area contributed by atoms with E-state index in [4.69, 9.17) is 23.7 Å². The van der Waals surface area contributed by atoms with E-state index in [9.17, 15) is 9.59 Å². The maximum absolute atomic E-state index is 12.4. The third kappa shape index (κ3) is 3.19. The predicted molar refractivity (Wildman–Crippen MR) is 97.0 cm³/mol. The number of benzene rings is 2. The Balaban J connectivity index is 2.26. The minimum atomic E-state index is -0.743. The van der Waals surface area contributed by atoms with E-state index >= 15 is 0 Å². The van der Waals surface area contributed by atoms with Crippen molar-refractivity contribution in [3.8, 4) is 23.0 Å². The molecule has 0 radical (unpaired) electrons. The molecule has 2 aromatic rings. The smallest absolute Gasteiger partial charge is 0.347 e. The first-order valence-electron chi connectivity index (χ1n) is 7.99. The summed E-state index contributed by atoms with van der Waals surface area (Å²) in [5.41, 5.74) is 1.19. The van der Waals surface area contributed by atoms with Crippen molar-refractivity contribution in [3.63, 3.8) is 0 Å². The van der Waals surface area contributed by atoms with Crippen LogP contribution in [0.1, 0.15) is 11.1 Å². The summed E-state index contributed by atoms with van der Waals surface area (Å²) in [4.78, 5) is 24.8. The number of esters is 2. The summed E-state index contributed by atoms with van der Waals surface area (Å²) in [5, 5.41) is 0. The Morgan fingerprint density at radius 2 is 1.30 bits per heavy atom. The second-order valence-electron chi connectivity index (χ2n) is 5.57. The van der Waals surface area contributed by atoms with Crippen molar-refractivity contribution in [2.45, 2.75) is 0 Å². The van der Waals surface area contributed by atoms with Gasteiger partial charge in [-0.3, -0.25) is 0 Å². The lowest BCUT2D eigenvalue weighted by atomic mass is 9.95. The van der Waals surface area contributed by atoms with Crippen LogP contribution in [-0.4, -0.2) is 40.4 Å². The van der Waals surface area contributed by atoms with Gasteiger partial charge < -0.3 is 23.7 Å². The molecule has 0 fully saturated rings. The van der Waals surface area contributed by atoms with Gasteiger partial charge in [-0.05, 0) is 35.4 Å². The van der Waals surface area contributed by atoms with Crippen LogP contribution in [0, 0.1) is 0 Å². The number of hydrogen-bond donors (Lipinski definition) is 0. The molecule has 7 nitrogen and oxygen atoms in total. The lowest BCUT2D eigenvalue weighted by Crippen LogP contribution is -2.02. The number of ether oxygens (including phenoxy) is 5. The zero-order valence-corrected chi connectivity index (χ0v) is 15.3. The predicted octanol–water partition coefficient (Wildman–Crippen LogP) is 2.72. The molecule has 0 aliphatic carbocycles. The lowest BCUT2D eigenvalue weighted by molar-refractivity contribution is -0.149. The molecule has 0 aromatic heterocycles. The van der Waals surface area contributed by atoms with E-state index in [2.05, 4.69) is 0 Å². The molecule has 0 spiro atoms. The third-order valence-corrected chi connectivity index (χ3v) is 4.16. The monoisotopic (exact) mass is 370 g/mol. The molecule has 0 saturated heterocycles. The van der Waals surface area contributed by atoms with Crippen LogP contribution in [0.4, 0.5) is 0 Å². The van der Waals surface area contributed by atoms with Gasteiger partial charge in [-0.15, -0.1) is 0 Å². The fourth-order valence-electron chi connectivity index (χ4n) is 2.92. The number of cyclic esters (lactones) is 2. The summed E-state index contributed by atoms with van der Waals surface area (Å²) in [6.07, 6.45) is 0. The van der Waals surface area contributed by atoms with Crippen LogP contribution in [0.3, 0.4) is 0 Å². The Kier molecular flexibility index (Phi) is 5.03. The van der Waals surface area contributed by atoms with Gasteiger partial charge in [-0.25, -0.2) is 9.59 Å². The first-order valence-corrected chi connectivity index (χ1v) is 7.99. The zero-order chi connectivity index (χ0) is 19.6. The van der Waals surface area contributed by atoms with Gasteiger partial charge in [-0.2, -0.15) is 0 Å². The SMILES string of the molecule is COc1cccc(C2=C(c3cc(OC)c(OC)c(OC)c3)C(=O)OC2=O)c1. The van der Waals surface area contributed by atoms with Crippen LogP contribution in [0.15, 0.2) is 36.4 Å². The topological polar surface area (TPSA) is 80.3 Å². The van der Waals surface area contributed by atoms with Crippen LogP contribution in [0.25, 0.3) is 11.1 Å². The zero-order valence-electron chi connectivity index (χ0n) is 15.3. The van der Waals surface area contributed by atoms with Gasteiger partial charge in [-0.1, -0.05) is 12.1 Å². The number of carbonyl (C=O) groups is 2. The molecule has 27 heavy (non-hydrogen) atoms. The van der Waals surface area contributed by atoms with E-state index in [1.807, 2.05) is 0 Å². The number of carbonyl (C=O) groups excluding carboxylic acids is 2. The van der Waals surface area contributed by atoms with Gasteiger partial charge in [0.1, 0.15) is 5.75 Å². The Morgan fingerprint density at radius 3 is 1.81 bits per heavy atom. The summed E-state index contributed by atoms with van der Waals surface area (Å²) >= 11 is 0. The number of methoxy groups -OCH3 is 4. The highest BCUT2D eigenvalue weighted by Crippen LogP contribution is 2.43. The van der Waals surface area contributed by atoms with Gasteiger partial charge in [0, 0.05) is 0 Å². The maximum atomic E-state index is 12.4. The standard InChI is InChI=1S/C20H18O7/c1-23-13-7-5-6-11(8-13)16-17(20(22)27-19(16)21)12-9-14(24-2)18(26-4)15(10-12)25-3/h5-10H,1-4H3. The van der Waals surface area contributed by atoms with Crippen LogP contribution < -0.4 is 18.9 Å². The average molecular weight is 370 g/mol. The van der Waals surface area contributed by atoms with Crippen LogP contribution in [0.5, 0.6) is 23.0 Å². The molecule has 0 saturated carbocycles. The molecule has 1 aliphatic rings. The maximum Gasteiger partial charge on any atom is 0.347 e. The Labute approximate surface area is 156 Å². The van der Waals surface area contributed by atoms with Crippen molar-refractivity contribution in [1.29, 1.82) is 0 Å². The molecule has 0 unspecified atom stereocenters. The minimum absolute atomic E-state index is 0.118. The summed E-state index contributed by atoms with van der Waals surface area (Å²) in [6.45, 7) is 0. The Hall–Kier alpha value is -3.48. The fraction of sp³-hybridized carbons (Fsp3) is 0.200. The van der Waals surface area contributed by atoms with Crippen molar-refractivity contribution >= 4 is 23.1 Å². The first kappa shape index (κ1) is 18.3. The van der Waals surface area contributed by atoms with Gasteiger partial charge >= 0.3 is 11.9 Å². The fourth-order valence-corrected chi connectivity index (χ4v) is 2.92. The molecule has 7 heteroatoms. The first-order chi connectivity index (χ1) is 13.0. The van der Waals surface area contributed by atoms with Gasteiger partial charge in [0.2, 0.25) is 5.75 Å². The third-order valence-electron chi connectivity index (χ3n) is 4.16. The highest BCUT2D eigenvalue weighted by molar-refractivity contribution is 6.44. The van der Waals surface area contributed by atoms with Crippen LogP contribution in [0.2, 0.25) is 0 Å². The summed E-state index contributed by atoms with van der Waals surface area (Å²) < 4.78 is 26.0. The average Bonchev–Trinajstić information content (AvgIpc) is 3.00. The minimum Gasteiger partial charge on any atom is -0.497 e. The Bertz CT molecular complexity index is 918. The molecule has 1 aliphatic heterocycles. The molecule has 140 valence electrons. The molecule has 1 heterocycles. The normalized spacial score (nSPS) is 13.5. The number of hydrogen-bond acceptors (Lipinski definition) is 7. The van der Waals surface area contributed by atoms with Gasteiger partial charge in [0.05, 0.1) is 39.6 Å². The molecule has 3 rings (SSSR count). The molecule has 0 amide bonds. The second kappa shape index (κ2) is 7.41. The molecular weight excluding hydrogens is 352 g/mol. The van der Waals surface area contributed by atoms with Crippen molar-refractivity contribution < 1.29 is 33.3 Å². The molecule has 0 bridgehead atoms. The summed E-state index contributed by atoms with van der Waals surface area (Å²) in [6, 6.07) is 10.0.